The molecule has 2 rings (SSSR count). The van der Waals surface area contributed by atoms with Gasteiger partial charge < -0.3 is 5.32 Å². The van der Waals surface area contributed by atoms with Gasteiger partial charge in [0.2, 0.25) is 0 Å². The largest absolute Gasteiger partial charge is 0.309 e. The molecule has 0 saturated carbocycles. The molecule has 0 aliphatic carbocycles. The summed E-state index contributed by atoms with van der Waals surface area (Å²) in [5.41, 5.74) is 1.73. The fourth-order valence-electron chi connectivity index (χ4n) is 1.99. The summed E-state index contributed by atoms with van der Waals surface area (Å²) in [4.78, 5) is 0.276. The van der Waals surface area contributed by atoms with E-state index < -0.39 is 9.84 Å². The van der Waals surface area contributed by atoms with Crippen molar-refractivity contribution in [2.45, 2.75) is 18.0 Å². The molecule has 0 spiro atoms. The van der Waals surface area contributed by atoms with Crippen LogP contribution >= 0.6 is 27.5 Å². The summed E-state index contributed by atoms with van der Waals surface area (Å²) >= 11 is 9.51. The van der Waals surface area contributed by atoms with Crippen molar-refractivity contribution >= 4 is 37.4 Å². The predicted molar refractivity (Wildman–Crippen MR) is 89.2 cm³/mol. The first-order chi connectivity index (χ1) is 9.88. The minimum absolute atomic E-state index is 0.276. The van der Waals surface area contributed by atoms with E-state index in [1.807, 2.05) is 24.3 Å². The van der Waals surface area contributed by atoms with Crippen LogP contribution in [0.4, 0.5) is 0 Å². The van der Waals surface area contributed by atoms with Gasteiger partial charge in [-0.1, -0.05) is 45.7 Å². The molecule has 21 heavy (non-hydrogen) atoms. The Morgan fingerprint density at radius 2 is 1.76 bits per heavy atom. The second-order valence-electron chi connectivity index (χ2n) is 4.72. The smallest absolute Gasteiger partial charge is 0.175 e. The number of hydrogen-bond acceptors (Lipinski definition) is 3. The molecular weight excluding hydrogens is 374 g/mol. The van der Waals surface area contributed by atoms with Gasteiger partial charge in [0.1, 0.15) is 0 Å². The summed E-state index contributed by atoms with van der Waals surface area (Å²) in [5, 5.41) is 3.69. The molecule has 0 bridgehead atoms. The summed E-state index contributed by atoms with van der Waals surface area (Å²) in [5.74, 6) is 0. The molecular formula is C15H15BrClNO2S. The van der Waals surface area contributed by atoms with Crippen LogP contribution in [0.5, 0.6) is 0 Å². The van der Waals surface area contributed by atoms with Crippen molar-refractivity contribution in [1.29, 1.82) is 0 Å². The summed E-state index contributed by atoms with van der Waals surface area (Å²) in [7, 11) is -3.29. The molecule has 0 atom stereocenters. The van der Waals surface area contributed by atoms with Gasteiger partial charge in [-0.2, -0.15) is 0 Å². The Kier molecular flexibility index (Phi) is 5.43. The quantitative estimate of drug-likeness (QED) is 0.847. The maximum Gasteiger partial charge on any atom is 0.175 e. The maximum absolute atomic E-state index is 11.8. The van der Waals surface area contributed by atoms with E-state index in [1.165, 1.54) is 6.26 Å². The van der Waals surface area contributed by atoms with Crippen molar-refractivity contribution in [3.8, 4) is 0 Å². The highest BCUT2D eigenvalue weighted by molar-refractivity contribution is 9.10. The molecule has 2 aromatic carbocycles. The molecule has 3 nitrogen and oxygen atoms in total. The lowest BCUT2D eigenvalue weighted by Crippen LogP contribution is -2.15. The number of sulfone groups is 1. The molecule has 0 radical (unpaired) electrons. The van der Waals surface area contributed by atoms with Gasteiger partial charge in [-0.3, -0.25) is 0 Å². The van der Waals surface area contributed by atoms with Crippen LogP contribution in [0.25, 0.3) is 0 Å². The molecule has 0 aliphatic heterocycles. The van der Waals surface area contributed by atoms with Gasteiger partial charge in [0.25, 0.3) is 0 Å². The second-order valence-corrected chi connectivity index (χ2v) is 8.03. The highest BCUT2D eigenvalue weighted by Crippen LogP contribution is 2.24. The number of hydrogen-bond donors (Lipinski definition) is 1. The molecule has 112 valence electrons. The molecule has 2 aromatic rings. The maximum atomic E-state index is 11.8. The summed E-state index contributed by atoms with van der Waals surface area (Å²) in [6.45, 7) is 1.04. The van der Waals surface area contributed by atoms with E-state index in [0.717, 1.165) is 10.0 Å². The van der Waals surface area contributed by atoms with Crippen molar-refractivity contribution in [2.24, 2.45) is 0 Å². The second kappa shape index (κ2) is 6.92. The molecule has 0 unspecified atom stereocenters. The van der Waals surface area contributed by atoms with Crippen LogP contribution in [-0.4, -0.2) is 14.7 Å². The highest BCUT2D eigenvalue weighted by atomic mass is 79.9. The van der Waals surface area contributed by atoms with Gasteiger partial charge in [-0.25, -0.2) is 8.42 Å². The third-order valence-corrected chi connectivity index (χ3v) is 5.08. The average molecular weight is 389 g/mol. The van der Waals surface area contributed by atoms with E-state index in [9.17, 15) is 8.42 Å². The Hall–Kier alpha value is -0.880. The zero-order valence-electron chi connectivity index (χ0n) is 11.4. The summed E-state index contributed by atoms with van der Waals surface area (Å²) in [6, 6.07) is 12.9. The topological polar surface area (TPSA) is 46.2 Å². The Balaban J connectivity index is 2.11. The van der Waals surface area contributed by atoms with Gasteiger partial charge in [-0.05, 0) is 29.8 Å². The molecule has 6 heteroatoms. The molecule has 0 aliphatic rings. The number of nitrogens with one attached hydrogen (secondary N) is 1. The Labute approximate surface area is 138 Å². The van der Waals surface area contributed by atoms with E-state index >= 15 is 0 Å². The minimum Gasteiger partial charge on any atom is -0.309 e. The van der Waals surface area contributed by atoms with Crippen LogP contribution in [0.1, 0.15) is 11.1 Å². The number of halogens is 2. The monoisotopic (exact) mass is 387 g/mol. The molecule has 1 N–H and O–H groups in total. The van der Waals surface area contributed by atoms with Crippen LogP contribution in [0.3, 0.4) is 0 Å². The van der Waals surface area contributed by atoms with Crippen molar-refractivity contribution in [3.05, 3.63) is 63.1 Å². The first-order valence-corrected chi connectivity index (χ1v) is 9.37. The van der Waals surface area contributed by atoms with E-state index in [-0.39, 0.29) is 4.90 Å². The zero-order valence-corrected chi connectivity index (χ0v) is 14.6. The standard InChI is InChI=1S/C15H15BrClNO2S/c1-21(19,20)15-4-2-3-14(17)13(15)10-18-9-11-5-7-12(16)8-6-11/h2-8,18H,9-10H2,1H3. The lowest BCUT2D eigenvalue weighted by molar-refractivity contribution is 0.598. The third kappa shape index (κ3) is 4.54. The number of benzene rings is 2. The van der Waals surface area contributed by atoms with Crippen molar-refractivity contribution in [3.63, 3.8) is 0 Å². The SMILES string of the molecule is CS(=O)(=O)c1cccc(Cl)c1CNCc1ccc(Br)cc1. The van der Waals surface area contributed by atoms with Gasteiger partial charge in [0.05, 0.1) is 4.90 Å². The Morgan fingerprint density at radius 1 is 1.10 bits per heavy atom. The predicted octanol–water partition coefficient (Wildman–Crippen LogP) is 3.80. The van der Waals surface area contributed by atoms with E-state index in [2.05, 4.69) is 21.2 Å². The van der Waals surface area contributed by atoms with E-state index in [1.54, 1.807) is 18.2 Å². The number of rotatable bonds is 5. The normalized spacial score (nSPS) is 11.6. The first-order valence-electron chi connectivity index (χ1n) is 6.30. The Morgan fingerprint density at radius 3 is 2.38 bits per heavy atom. The van der Waals surface area contributed by atoms with Crippen LogP contribution in [-0.2, 0) is 22.9 Å². The first kappa shape index (κ1) is 16.5. The van der Waals surface area contributed by atoms with Crippen molar-refractivity contribution in [1.82, 2.24) is 5.32 Å². The average Bonchev–Trinajstić information content (AvgIpc) is 2.41. The van der Waals surface area contributed by atoms with Crippen molar-refractivity contribution < 1.29 is 8.42 Å². The van der Waals surface area contributed by atoms with Gasteiger partial charge in [0.15, 0.2) is 9.84 Å². The highest BCUT2D eigenvalue weighted by Gasteiger charge is 2.15. The lowest BCUT2D eigenvalue weighted by Gasteiger charge is -2.11. The third-order valence-electron chi connectivity index (χ3n) is 3.02. The molecule has 0 aromatic heterocycles. The molecule has 0 amide bonds. The van der Waals surface area contributed by atoms with Crippen LogP contribution in [0.2, 0.25) is 5.02 Å². The van der Waals surface area contributed by atoms with Crippen LogP contribution in [0, 0.1) is 0 Å². The zero-order chi connectivity index (χ0) is 15.5. The van der Waals surface area contributed by atoms with E-state index in [0.29, 0.717) is 23.7 Å². The Bertz CT molecular complexity index is 730. The van der Waals surface area contributed by atoms with Crippen molar-refractivity contribution in [2.75, 3.05) is 6.26 Å². The minimum atomic E-state index is -3.29. The van der Waals surface area contributed by atoms with Gasteiger partial charge >= 0.3 is 0 Å². The van der Waals surface area contributed by atoms with Crippen LogP contribution in [0.15, 0.2) is 51.8 Å². The van der Waals surface area contributed by atoms with E-state index in [4.69, 9.17) is 11.6 Å². The lowest BCUT2D eigenvalue weighted by atomic mass is 10.2. The molecule has 0 heterocycles. The molecule has 0 fully saturated rings. The fraction of sp³-hybridized carbons (Fsp3) is 0.200. The summed E-state index contributed by atoms with van der Waals surface area (Å²) in [6.07, 6.45) is 1.19. The fourth-order valence-corrected chi connectivity index (χ4v) is 3.51. The van der Waals surface area contributed by atoms with Gasteiger partial charge in [-0.15, -0.1) is 0 Å². The van der Waals surface area contributed by atoms with Gasteiger partial charge in [0, 0.05) is 34.4 Å². The molecule has 0 saturated heterocycles. The summed E-state index contributed by atoms with van der Waals surface area (Å²) < 4.78 is 24.6. The van der Waals surface area contributed by atoms with Crippen LogP contribution < -0.4 is 5.32 Å².